The minimum atomic E-state index is 1.17. The highest BCUT2D eigenvalue weighted by Crippen LogP contribution is 2.35. The van der Waals surface area contributed by atoms with Gasteiger partial charge in [0.25, 0.3) is 0 Å². The molecule has 7 aromatic rings. The largest absolute Gasteiger partial charge is 0.309 e. The SMILES string of the molecule is Cc1ccc2c3ccccc3n(-c3cccc(-n4c5ccccc5c5ccc(C)cc54)c3)c2c1. The second kappa shape index (κ2) is 7.10. The first kappa shape index (κ1) is 19.2. The van der Waals surface area contributed by atoms with E-state index in [4.69, 9.17) is 0 Å². The van der Waals surface area contributed by atoms with Crippen LogP contribution in [0, 0.1) is 13.8 Å². The fraction of sp³-hybridized carbons (Fsp3) is 0.0625. The third kappa shape index (κ3) is 2.69. The van der Waals surface area contributed by atoms with Crippen molar-refractivity contribution in [3.8, 4) is 11.4 Å². The molecule has 0 unspecified atom stereocenters. The van der Waals surface area contributed by atoms with Crippen LogP contribution in [-0.4, -0.2) is 9.13 Å². The van der Waals surface area contributed by atoms with Gasteiger partial charge in [-0.15, -0.1) is 0 Å². The Bertz CT molecular complexity index is 1750. The van der Waals surface area contributed by atoms with Gasteiger partial charge in [-0.05, 0) is 67.4 Å². The van der Waals surface area contributed by atoms with E-state index in [1.54, 1.807) is 0 Å². The maximum atomic E-state index is 2.40. The molecule has 2 nitrogen and oxygen atoms in total. The summed E-state index contributed by atoms with van der Waals surface area (Å²) in [6, 6.07) is 39.9. The lowest BCUT2D eigenvalue weighted by Gasteiger charge is -2.13. The van der Waals surface area contributed by atoms with Gasteiger partial charge in [-0.25, -0.2) is 0 Å². The highest BCUT2D eigenvalue weighted by Gasteiger charge is 2.15. The molecule has 34 heavy (non-hydrogen) atoms. The zero-order chi connectivity index (χ0) is 22.8. The molecule has 5 aromatic carbocycles. The van der Waals surface area contributed by atoms with Crippen molar-refractivity contribution in [2.45, 2.75) is 13.8 Å². The van der Waals surface area contributed by atoms with Crippen molar-refractivity contribution in [2.24, 2.45) is 0 Å². The van der Waals surface area contributed by atoms with E-state index in [0.29, 0.717) is 0 Å². The van der Waals surface area contributed by atoms with Crippen molar-refractivity contribution in [1.29, 1.82) is 0 Å². The number of para-hydroxylation sites is 2. The Hall–Kier alpha value is -4.30. The van der Waals surface area contributed by atoms with Gasteiger partial charge in [-0.1, -0.05) is 66.7 Å². The molecule has 2 heteroatoms. The van der Waals surface area contributed by atoms with Gasteiger partial charge < -0.3 is 9.13 Å². The van der Waals surface area contributed by atoms with Crippen LogP contribution in [0.5, 0.6) is 0 Å². The fourth-order valence-electron chi connectivity index (χ4n) is 5.49. The maximum absolute atomic E-state index is 2.40. The number of rotatable bonds is 2. The van der Waals surface area contributed by atoms with Crippen LogP contribution in [0.15, 0.2) is 109 Å². The predicted molar refractivity (Wildman–Crippen MR) is 145 cm³/mol. The van der Waals surface area contributed by atoms with E-state index in [1.807, 2.05) is 0 Å². The third-order valence-electron chi connectivity index (χ3n) is 7.00. The second-order valence-electron chi connectivity index (χ2n) is 9.27. The molecule has 0 aliphatic rings. The molecule has 0 N–H and O–H groups in total. The molecule has 0 bridgehead atoms. The standard InChI is InChI=1S/C32H24N2/c1-21-14-16-27-25-10-3-5-12-29(25)33(31(27)18-21)23-8-7-9-24(20-23)34-30-13-6-4-11-26(30)28-17-15-22(2)19-32(28)34/h3-20H,1-2H3. The lowest BCUT2D eigenvalue weighted by molar-refractivity contribution is 1.13. The number of hydrogen-bond donors (Lipinski definition) is 0. The molecular weight excluding hydrogens is 412 g/mol. The molecule has 0 aliphatic carbocycles. The van der Waals surface area contributed by atoms with Gasteiger partial charge in [-0.2, -0.15) is 0 Å². The van der Waals surface area contributed by atoms with E-state index in [9.17, 15) is 0 Å². The van der Waals surface area contributed by atoms with Crippen molar-refractivity contribution in [1.82, 2.24) is 9.13 Å². The molecule has 162 valence electrons. The predicted octanol–water partition coefficient (Wildman–Crippen LogP) is 8.50. The minimum absolute atomic E-state index is 1.17. The molecule has 0 radical (unpaired) electrons. The summed E-state index contributed by atoms with van der Waals surface area (Å²) in [6.07, 6.45) is 0. The molecular formula is C32H24N2. The normalized spacial score (nSPS) is 11.8. The Morgan fingerprint density at radius 2 is 0.824 bits per heavy atom. The van der Waals surface area contributed by atoms with Gasteiger partial charge >= 0.3 is 0 Å². The van der Waals surface area contributed by atoms with Crippen LogP contribution in [0.3, 0.4) is 0 Å². The molecule has 2 heterocycles. The lowest BCUT2D eigenvalue weighted by atomic mass is 10.1. The summed E-state index contributed by atoms with van der Waals surface area (Å²) < 4.78 is 4.81. The smallest absolute Gasteiger partial charge is 0.0543 e. The molecule has 0 spiro atoms. The van der Waals surface area contributed by atoms with Crippen LogP contribution in [0.1, 0.15) is 11.1 Å². The van der Waals surface area contributed by atoms with Crippen LogP contribution in [0.4, 0.5) is 0 Å². The first-order chi connectivity index (χ1) is 16.7. The molecule has 2 aromatic heterocycles. The van der Waals surface area contributed by atoms with Crippen molar-refractivity contribution in [2.75, 3.05) is 0 Å². The van der Waals surface area contributed by atoms with Gasteiger partial charge in [0.1, 0.15) is 0 Å². The maximum Gasteiger partial charge on any atom is 0.0543 e. The Balaban J connectivity index is 1.56. The lowest BCUT2D eigenvalue weighted by Crippen LogP contribution is -1.98. The summed E-state index contributed by atoms with van der Waals surface area (Å²) in [5.41, 5.74) is 9.85. The summed E-state index contributed by atoms with van der Waals surface area (Å²) in [5, 5.41) is 5.16. The Kier molecular flexibility index (Phi) is 4.01. The Morgan fingerprint density at radius 3 is 1.32 bits per heavy atom. The number of aromatic nitrogens is 2. The zero-order valence-corrected chi connectivity index (χ0v) is 19.3. The Labute approximate surface area is 198 Å². The number of fused-ring (bicyclic) bond motifs is 6. The first-order valence-corrected chi connectivity index (χ1v) is 11.8. The van der Waals surface area contributed by atoms with Gasteiger partial charge in [0.15, 0.2) is 0 Å². The summed E-state index contributed by atoms with van der Waals surface area (Å²) in [7, 11) is 0. The molecule has 0 aliphatic heterocycles. The number of nitrogens with zero attached hydrogens (tertiary/aromatic N) is 2. The van der Waals surface area contributed by atoms with E-state index in [1.165, 1.54) is 66.1 Å². The van der Waals surface area contributed by atoms with Crippen LogP contribution < -0.4 is 0 Å². The van der Waals surface area contributed by atoms with Gasteiger partial charge in [0.2, 0.25) is 0 Å². The average Bonchev–Trinajstić information content (AvgIpc) is 3.36. The van der Waals surface area contributed by atoms with Crippen LogP contribution in [0.25, 0.3) is 55.0 Å². The molecule has 0 saturated carbocycles. The molecule has 0 amide bonds. The molecule has 0 saturated heterocycles. The number of aryl methyl sites for hydroxylation is 2. The minimum Gasteiger partial charge on any atom is -0.309 e. The van der Waals surface area contributed by atoms with Crippen LogP contribution in [-0.2, 0) is 0 Å². The van der Waals surface area contributed by atoms with Crippen molar-refractivity contribution in [3.63, 3.8) is 0 Å². The number of hydrogen-bond acceptors (Lipinski definition) is 0. The summed E-state index contributed by atoms with van der Waals surface area (Å²) in [5.74, 6) is 0. The third-order valence-corrected chi connectivity index (χ3v) is 7.00. The fourth-order valence-corrected chi connectivity index (χ4v) is 5.49. The summed E-state index contributed by atoms with van der Waals surface area (Å²) in [4.78, 5) is 0. The zero-order valence-electron chi connectivity index (χ0n) is 19.3. The second-order valence-corrected chi connectivity index (χ2v) is 9.27. The van der Waals surface area contributed by atoms with E-state index in [-0.39, 0.29) is 0 Å². The van der Waals surface area contributed by atoms with E-state index >= 15 is 0 Å². The van der Waals surface area contributed by atoms with Crippen LogP contribution >= 0.6 is 0 Å². The quantitative estimate of drug-likeness (QED) is 0.257. The average molecular weight is 437 g/mol. The highest BCUT2D eigenvalue weighted by atomic mass is 15.0. The van der Waals surface area contributed by atoms with Crippen molar-refractivity contribution >= 4 is 43.6 Å². The van der Waals surface area contributed by atoms with Gasteiger partial charge in [0, 0.05) is 32.9 Å². The van der Waals surface area contributed by atoms with E-state index < -0.39 is 0 Å². The molecule has 0 fully saturated rings. The summed E-state index contributed by atoms with van der Waals surface area (Å²) >= 11 is 0. The topological polar surface area (TPSA) is 9.86 Å². The summed E-state index contributed by atoms with van der Waals surface area (Å²) in [6.45, 7) is 4.33. The molecule has 7 rings (SSSR count). The van der Waals surface area contributed by atoms with E-state index in [0.717, 1.165) is 0 Å². The van der Waals surface area contributed by atoms with Gasteiger partial charge in [-0.3, -0.25) is 0 Å². The Morgan fingerprint density at radius 1 is 0.382 bits per heavy atom. The van der Waals surface area contributed by atoms with Crippen LogP contribution in [0.2, 0.25) is 0 Å². The van der Waals surface area contributed by atoms with Gasteiger partial charge in [0.05, 0.1) is 22.1 Å². The van der Waals surface area contributed by atoms with Crippen molar-refractivity contribution < 1.29 is 0 Å². The van der Waals surface area contributed by atoms with E-state index in [2.05, 4.69) is 132 Å². The molecule has 0 atom stereocenters. The first-order valence-electron chi connectivity index (χ1n) is 11.8. The monoisotopic (exact) mass is 436 g/mol. The highest BCUT2D eigenvalue weighted by molar-refractivity contribution is 6.10. The number of benzene rings is 5. The van der Waals surface area contributed by atoms with Crippen molar-refractivity contribution in [3.05, 3.63) is 120 Å².